The molecule has 72 valence electrons. The molecule has 0 bridgehead atoms. The fraction of sp³-hybridized carbons (Fsp3) is 0.364. The van der Waals surface area contributed by atoms with E-state index in [1.807, 2.05) is 24.5 Å². The van der Waals surface area contributed by atoms with Crippen LogP contribution in [0.15, 0.2) is 24.5 Å². The van der Waals surface area contributed by atoms with E-state index in [4.69, 9.17) is 5.73 Å². The number of nitrogen functional groups attached to an aromatic ring is 1. The Bertz CT molecular complexity index is 468. The van der Waals surface area contributed by atoms with Crippen molar-refractivity contribution in [2.24, 2.45) is 0 Å². The van der Waals surface area contributed by atoms with Crippen LogP contribution in [0.1, 0.15) is 31.0 Å². The minimum Gasteiger partial charge on any atom is -0.399 e. The van der Waals surface area contributed by atoms with Gasteiger partial charge in [-0.1, -0.05) is 6.42 Å². The van der Waals surface area contributed by atoms with Crippen molar-refractivity contribution in [2.45, 2.75) is 25.2 Å². The van der Waals surface area contributed by atoms with Gasteiger partial charge in [0.2, 0.25) is 0 Å². The molecule has 0 spiro atoms. The van der Waals surface area contributed by atoms with E-state index in [0.717, 1.165) is 11.2 Å². The van der Waals surface area contributed by atoms with Crippen LogP contribution in [0.2, 0.25) is 0 Å². The Hall–Kier alpha value is -1.51. The van der Waals surface area contributed by atoms with Gasteiger partial charge in [0, 0.05) is 17.8 Å². The van der Waals surface area contributed by atoms with E-state index in [9.17, 15) is 0 Å². The minimum absolute atomic E-state index is 0.668. The molecule has 0 amide bonds. The highest BCUT2D eigenvalue weighted by Gasteiger charge is 2.23. The third-order valence-electron chi connectivity index (χ3n) is 3.06. The highest BCUT2D eigenvalue weighted by molar-refractivity contribution is 5.56. The van der Waals surface area contributed by atoms with Gasteiger partial charge in [-0.05, 0) is 25.0 Å². The standard InChI is InChI=1S/C11H13N3/c12-9-4-5-14-10(6-9)7-13-11(14)8-2-1-3-8/h4-8H,1-3,12H2. The maximum atomic E-state index is 5.71. The fourth-order valence-corrected chi connectivity index (χ4v) is 2.01. The highest BCUT2D eigenvalue weighted by Crippen LogP contribution is 2.35. The molecule has 3 heteroatoms. The molecule has 0 saturated heterocycles. The summed E-state index contributed by atoms with van der Waals surface area (Å²) in [6, 6.07) is 3.89. The Morgan fingerprint density at radius 2 is 2.29 bits per heavy atom. The van der Waals surface area contributed by atoms with Crippen LogP contribution in [0.3, 0.4) is 0 Å². The highest BCUT2D eigenvalue weighted by atomic mass is 15.0. The Labute approximate surface area is 82.6 Å². The molecular weight excluding hydrogens is 174 g/mol. The zero-order valence-corrected chi connectivity index (χ0v) is 7.98. The second-order valence-electron chi connectivity index (χ2n) is 4.00. The van der Waals surface area contributed by atoms with E-state index in [1.165, 1.54) is 25.1 Å². The van der Waals surface area contributed by atoms with Gasteiger partial charge in [0.1, 0.15) is 5.82 Å². The average Bonchev–Trinajstić information content (AvgIpc) is 2.45. The van der Waals surface area contributed by atoms with E-state index >= 15 is 0 Å². The third-order valence-corrected chi connectivity index (χ3v) is 3.06. The molecule has 0 aromatic carbocycles. The molecule has 2 aromatic heterocycles. The van der Waals surface area contributed by atoms with Crippen LogP contribution in [0.5, 0.6) is 0 Å². The van der Waals surface area contributed by atoms with Crippen LogP contribution in [-0.4, -0.2) is 9.38 Å². The van der Waals surface area contributed by atoms with Crippen LogP contribution in [0.25, 0.3) is 5.52 Å². The van der Waals surface area contributed by atoms with Gasteiger partial charge in [0.15, 0.2) is 0 Å². The molecule has 1 aliphatic rings. The van der Waals surface area contributed by atoms with Crippen LogP contribution < -0.4 is 5.73 Å². The predicted molar refractivity (Wildman–Crippen MR) is 56.2 cm³/mol. The second kappa shape index (κ2) is 2.74. The Kier molecular flexibility index (Phi) is 1.54. The van der Waals surface area contributed by atoms with E-state index in [-0.39, 0.29) is 0 Å². The van der Waals surface area contributed by atoms with Gasteiger partial charge in [-0.2, -0.15) is 0 Å². The van der Waals surface area contributed by atoms with Crippen LogP contribution in [0, 0.1) is 0 Å². The maximum Gasteiger partial charge on any atom is 0.116 e. The molecule has 0 radical (unpaired) electrons. The Balaban J connectivity index is 2.16. The van der Waals surface area contributed by atoms with Gasteiger partial charge in [-0.25, -0.2) is 4.98 Å². The van der Waals surface area contributed by atoms with Gasteiger partial charge < -0.3 is 10.1 Å². The van der Waals surface area contributed by atoms with E-state index in [0.29, 0.717) is 5.92 Å². The number of hydrogen-bond acceptors (Lipinski definition) is 2. The van der Waals surface area contributed by atoms with Crippen molar-refractivity contribution in [2.75, 3.05) is 5.73 Å². The molecule has 0 unspecified atom stereocenters. The average molecular weight is 187 g/mol. The number of imidazole rings is 1. The molecule has 14 heavy (non-hydrogen) atoms. The first kappa shape index (κ1) is 7.85. The smallest absolute Gasteiger partial charge is 0.116 e. The van der Waals surface area contributed by atoms with Crippen molar-refractivity contribution in [1.29, 1.82) is 0 Å². The summed E-state index contributed by atoms with van der Waals surface area (Å²) in [4.78, 5) is 4.47. The monoisotopic (exact) mass is 187 g/mol. The van der Waals surface area contributed by atoms with E-state index < -0.39 is 0 Å². The lowest BCUT2D eigenvalue weighted by Crippen LogP contribution is -2.12. The summed E-state index contributed by atoms with van der Waals surface area (Å²) in [5.74, 6) is 1.87. The SMILES string of the molecule is Nc1ccn2c(C3CCC3)ncc2c1. The normalized spacial score (nSPS) is 17.1. The molecule has 1 fully saturated rings. The van der Waals surface area contributed by atoms with E-state index in [2.05, 4.69) is 9.38 Å². The molecular formula is C11H13N3. The summed E-state index contributed by atoms with van der Waals surface area (Å²) in [5.41, 5.74) is 7.62. The predicted octanol–water partition coefficient (Wildman–Crippen LogP) is 2.18. The van der Waals surface area contributed by atoms with Crippen molar-refractivity contribution in [1.82, 2.24) is 9.38 Å². The van der Waals surface area contributed by atoms with Crippen molar-refractivity contribution >= 4 is 11.2 Å². The van der Waals surface area contributed by atoms with Crippen LogP contribution >= 0.6 is 0 Å². The second-order valence-corrected chi connectivity index (χ2v) is 4.00. The third kappa shape index (κ3) is 1.02. The lowest BCUT2D eigenvalue weighted by molar-refractivity contribution is 0.400. The first-order valence-electron chi connectivity index (χ1n) is 5.07. The van der Waals surface area contributed by atoms with Gasteiger partial charge in [0.25, 0.3) is 0 Å². The van der Waals surface area contributed by atoms with Crippen LogP contribution in [0.4, 0.5) is 5.69 Å². The molecule has 1 saturated carbocycles. The summed E-state index contributed by atoms with van der Waals surface area (Å²) in [5, 5.41) is 0. The van der Waals surface area contributed by atoms with Gasteiger partial charge >= 0.3 is 0 Å². The van der Waals surface area contributed by atoms with Crippen molar-refractivity contribution in [3.05, 3.63) is 30.4 Å². The molecule has 3 rings (SSSR count). The van der Waals surface area contributed by atoms with Crippen LogP contribution in [-0.2, 0) is 0 Å². The largest absolute Gasteiger partial charge is 0.399 e. The van der Waals surface area contributed by atoms with Gasteiger partial charge in [-0.3, -0.25) is 0 Å². The summed E-state index contributed by atoms with van der Waals surface area (Å²) < 4.78 is 2.15. The molecule has 1 aliphatic carbocycles. The number of pyridine rings is 1. The first-order valence-corrected chi connectivity index (χ1v) is 5.07. The molecule has 0 aliphatic heterocycles. The Morgan fingerprint density at radius 1 is 1.43 bits per heavy atom. The lowest BCUT2D eigenvalue weighted by atomic mass is 9.85. The maximum absolute atomic E-state index is 5.71. The lowest BCUT2D eigenvalue weighted by Gasteiger charge is -2.23. The summed E-state index contributed by atoms with van der Waals surface area (Å²) >= 11 is 0. The summed E-state index contributed by atoms with van der Waals surface area (Å²) in [6.07, 6.45) is 7.83. The summed E-state index contributed by atoms with van der Waals surface area (Å²) in [6.45, 7) is 0. The number of hydrogen-bond donors (Lipinski definition) is 1. The first-order chi connectivity index (χ1) is 6.84. The molecule has 2 heterocycles. The minimum atomic E-state index is 0.668. The Morgan fingerprint density at radius 3 is 3.00 bits per heavy atom. The quantitative estimate of drug-likeness (QED) is 0.743. The molecule has 3 nitrogen and oxygen atoms in total. The summed E-state index contributed by atoms with van der Waals surface area (Å²) in [7, 11) is 0. The van der Waals surface area contributed by atoms with Gasteiger partial charge in [-0.15, -0.1) is 0 Å². The number of nitrogens with two attached hydrogens (primary N) is 1. The number of rotatable bonds is 1. The van der Waals surface area contributed by atoms with Crippen molar-refractivity contribution in [3.8, 4) is 0 Å². The number of nitrogens with zero attached hydrogens (tertiary/aromatic N) is 2. The van der Waals surface area contributed by atoms with E-state index in [1.54, 1.807) is 0 Å². The molecule has 2 aromatic rings. The number of aromatic nitrogens is 2. The number of anilines is 1. The zero-order valence-electron chi connectivity index (χ0n) is 7.98. The van der Waals surface area contributed by atoms with Crippen molar-refractivity contribution < 1.29 is 0 Å². The van der Waals surface area contributed by atoms with Gasteiger partial charge in [0.05, 0.1) is 11.7 Å². The molecule has 0 atom stereocenters. The number of fused-ring (bicyclic) bond motifs is 1. The zero-order chi connectivity index (χ0) is 9.54. The fourth-order valence-electron chi connectivity index (χ4n) is 2.01. The molecule has 2 N–H and O–H groups in total. The topological polar surface area (TPSA) is 43.3 Å². The van der Waals surface area contributed by atoms with Crippen molar-refractivity contribution in [3.63, 3.8) is 0 Å².